The molecule has 500 valence electrons. The van der Waals surface area contributed by atoms with Gasteiger partial charge in [-0.3, -0.25) is 9.59 Å². The van der Waals surface area contributed by atoms with Crippen molar-refractivity contribution < 1.29 is 24.5 Å². The van der Waals surface area contributed by atoms with Crippen molar-refractivity contribution in [1.29, 1.82) is 0 Å². The summed E-state index contributed by atoms with van der Waals surface area (Å²) in [4.78, 5) is 24.6. The number of aliphatic hydroxyl groups is 2. The molecule has 6 heteroatoms. The Labute approximate surface area is 531 Å². The molecule has 0 aliphatic rings. The highest BCUT2D eigenvalue weighted by atomic mass is 16.5. The molecule has 3 N–H and O–H groups in total. The van der Waals surface area contributed by atoms with Crippen LogP contribution < -0.4 is 5.32 Å². The third-order valence-corrected chi connectivity index (χ3v) is 17.8. The van der Waals surface area contributed by atoms with Crippen LogP contribution in [0.2, 0.25) is 0 Å². The van der Waals surface area contributed by atoms with E-state index in [0.29, 0.717) is 19.4 Å². The molecule has 0 aliphatic heterocycles. The van der Waals surface area contributed by atoms with E-state index in [9.17, 15) is 19.8 Å². The van der Waals surface area contributed by atoms with E-state index in [1.54, 1.807) is 6.08 Å². The van der Waals surface area contributed by atoms with Crippen LogP contribution in [0.25, 0.3) is 0 Å². The average molecular weight is 1190 g/mol. The van der Waals surface area contributed by atoms with Gasteiger partial charge in [0.05, 0.1) is 25.4 Å². The zero-order chi connectivity index (χ0) is 61.3. The van der Waals surface area contributed by atoms with Crippen LogP contribution in [-0.2, 0) is 14.3 Å². The molecule has 85 heavy (non-hydrogen) atoms. The second-order valence-electron chi connectivity index (χ2n) is 26.3. The van der Waals surface area contributed by atoms with Crippen LogP contribution in [0.1, 0.15) is 418 Å². The van der Waals surface area contributed by atoms with Gasteiger partial charge in [-0.1, -0.05) is 364 Å². The van der Waals surface area contributed by atoms with Crippen LogP contribution in [0.5, 0.6) is 0 Å². The van der Waals surface area contributed by atoms with Crippen molar-refractivity contribution in [3.05, 3.63) is 48.6 Å². The molecule has 6 nitrogen and oxygen atoms in total. The lowest BCUT2D eigenvalue weighted by atomic mass is 10.0. The van der Waals surface area contributed by atoms with Crippen LogP contribution in [-0.4, -0.2) is 47.4 Å². The van der Waals surface area contributed by atoms with E-state index >= 15 is 0 Å². The fourth-order valence-corrected chi connectivity index (χ4v) is 12.0. The minimum Gasteiger partial charge on any atom is -0.466 e. The van der Waals surface area contributed by atoms with Crippen molar-refractivity contribution in [2.24, 2.45) is 0 Å². The zero-order valence-corrected chi connectivity index (χ0v) is 57.4. The Morgan fingerprint density at radius 3 is 0.929 bits per heavy atom. The highest BCUT2D eigenvalue weighted by Crippen LogP contribution is 2.19. The van der Waals surface area contributed by atoms with E-state index in [4.69, 9.17) is 4.74 Å². The number of amides is 1. The maximum absolute atomic E-state index is 12.5. The highest BCUT2D eigenvalue weighted by Gasteiger charge is 2.18. The molecular formula is C79H149NO5. The first-order valence-corrected chi connectivity index (χ1v) is 38.4. The zero-order valence-electron chi connectivity index (χ0n) is 57.4. The third-order valence-electron chi connectivity index (χ3n) is 17.8. The molecule has 0 aromatic rings. The molecule has 0 bridgehead atoms. The second kappa shape index (κ2) is 74.3. The van der Waals surface area contributed by atoms with Gasteiger partial charge in [-0.25, -0.2) is 0 Å². The fraction of sp³-hybridized carbons (Fsp3) is 0.873. The van der Waals surface area contributed by atoms with Crippen molar-refractivity contribution in [1.82, 2.24) is 5.32 Å². The van der Waals surface area contributed by atoms with Crippen LogP contribution in [0.15, 0.2) is 48.6 Å². The van der Waals surface area contributed by atoms with Crippen molar-refractivity contribution in [2.45, 2.75) is 431 Å². The maximum Gasteiger partial charge on any atom is 0.305 e. The van der Waals surface area contributed by atoms with Crippen molar-refractivity contribution in [3.63, 3.8) is 0 Å². The van der Waals surface area contributed by atoms with Crippen molar-refractivity contribution in [2.75, 3.05) is 13.2 Å². The Morgan fingerprint density at radius 1 is 0.329 bits per heavy atom. The SMILES string of the molecule is CCCCC/C=C\CCCCCCCC(=O)OCCCCCCCCCCCCCCC/C=C\C/C=C\CCCCCCCCCCCCCCCCCCCC(=O)NC(CO)C(O)/C=C/CCCCCCCCCCCCCCCCCCC. The normalized spacial score (nSPS) is 12.8. The number of ether oxygens (including phenoxy) is 1. The Morgan fingerprint density at radius 2 is 0.588 bits per heavy atom. The van der Waals surface area contributed by atoms with E-state index in [1.165, 1.54) is 340 Å². The molecule has 0 fully saturated rings. The van der Waals surface area contributed by atoms with Crippen molar-refractivity contribution >= 4 is 11.9 Å². The summed E-state index contributed by atoms with van der Waals surface area (Å²) >= 11 is 0. The number of nitrogens with one attached hydrogen (secondary N) is 1. The number of carbonyl (C=O) groups is 2. The third kappa shape index (κ3) is 70.8. The van der Waals surface area contributed by atoms with E-state index < -0.39 is 12.1 Å². The number of allylic oxidation sites excluding steroid dienone is 7. The summed E-state index contributed by atoms with van der Waals surface area (Å²) < 4.78 is 5.48. The molecule has 0 saturated heterocycles. The smallest absolute Gasteiger partial charge is 0.305 e. The Kier molecular flexibility index (Phi) is 72.4. The maximum atomic E-state index is 12.5. The summed E-state index contributed by atoms with van der Waals surface area (Å²) in [6.45, 7) is 4.91. The predicted molar refractivity (Wildman–Crippen MR) is 375 cm³/mol. The number of rotatable bonds is 72. The summed E-state index contributed by atoms with van der Waals surface area (Å²) in [6, 6.07) is -0.627. The average Bonchev–Trinajstić information content (AvgIpc) is 3.51. The van der Waals surface area contributed by atoms with Gasteiger partial charge >= 0.3 is 5.97 Å². The molecule has 2 unspecified atom stereocenters. The van der Waals surface area contributed by atoms with Crippen LogP contribution >= 0.6 is 0 Å². The van der Waals surface area contributed by atoms with Crippen molar-refractivity contribution in [3.8, 4) is 0 Å². The second-order valence-corrected chi connectivity index (χ2v) is 26.3. The highest BCUT2D eigenvalue weighted by molar-refractivity contribution is 5.76. The minimum absolute atomic E-state index is 0.00862. The lowest BCUT2D eigenvalue weighted by molar-refractivity contribution is -0.143. The Balaban J connectivity index is 3.39. The number of hydrogen-bond donors (Lipinski definition) is 3. The van der Waals surface area contributed by atoms with E-state index in [-0.39, 0.29) is 18.5 Å². The summed E-state index contributed by atoms with van der Waals surface area (Å²) in [5.41, 5.74) is 0. The summed E-state index contributed by atoms with van der Waals surface area (Å²) in [7, 11) is 0. The molecule has 0 saturated carbocycles. The first kappa shape index (κ1) is 82.8. The summed E-state index contributed by atoms with van der Waals surface area (Å²) in [5, 5.41) is 23.3. The molecule has 1 amide bonds. The number of esters is 1. The minimum atomic E-state index is -0.844. The van der Waals surface area contributed by atoms with Crippen LogP contribution in [0, 0.1) is 0 Å². The van der Waals surface area contributed by atoms with Gasteiger partial charge in [0.25, 0.3) is 0 Å². The first-order chi connectivity index (χ1) is 42.0. The standard InChI is InChI=1S/C79H149NO5/c1-3-5-7-9-11-13-15-17-18-19-39-42-45-48-51-55-59-63-67-71-77(82)76(75-81)80-78(83)72-68-64-60-56-52-49-46-43-40-37-35-33-31-29-27-25-23-21-20-22-24-26-28-30-32-34-36-38-41-44-47-50-54-58-62-66-70-74-85-79(84)73-69-65-61-57-53-16-14-12-10-8-6-4-2/h12,14,20,22,26,28,67,71,76-77,81-82H,3-11,13,15-19,21,23-25,27,29-66,68-70,72-75H2,1-2H3,(H,80,83)/b14-12-,22-20-,28-26-,71-67+. The lowest BCUT2D eigenvalue weighted by Gasteiger charge is -2.20. The molecule has 0 aromatic carbocycles. The van der Waals surface area contributed by atoms with Gasteiger partial charge in [-0.2, -0.15) is 0 Å². The summed E-state index contributed by atoms with van der Waals surface area (Å²) in [6.07, 6.45) is 98.0. The van der Waals surface area contributed by atoms with Gasteiger partial charge in [0.1, 0.15) is 0 Å². The summed E-state index contributed by atoms with van der Waals surface area (Å²) in [5.74, 6) is -0.0531. The lowest BCUT2D eigenvalue weighted by Crippen LogP contribution is -2.45. The number of carbonyl (C=O) groups excluding carboxylic acids is 2. The molecule has 0 heterocycles. The Bertz CT molecular complexity index is 1420. The van der Waals surface area contributed by atoms with E-state index in [2.05, 4.69) is 55.6 Å². The molecule has 0 radical (unpaired) electrons. The fourth-order valence-electron chi connectivity index (χ4n) is 12.0. The number of hydrogen-bond acceptors (Lipinski definition) is 5. The van der Waals surface area contributed by atoms with E-state index in [0.717, 1.165) is 51.4 Å². The molecule has 0 spiro atoms. The monoisotopic (exact) mass is 1190 g/mol. The van der Waals surface area contributed by atoms with Gasteiger partial charge in [-0.15, -0.1) is 0 Å². The van der Waals surface area contributed by atoms with Crippen LogP contribution in [0.3, 0.4) is 0 Å². The number of unbranched alkanes of at least 4 members (excludes halogenated alkanes) is 55. The van der Waals surface area contributed by atoms with Crippen LogP contribution in [0.4, 0.5) is 0 Å². The molecular weight excluding hydrogens is 1040 g/mol. The Hall–Kier alpha value is -2.18. The molecule has 0 aromatic heterocycles. The van der Waals surface area contributed by atoms with Gasteiger partial charge in [-0.05, 0) is 89.9 Å². The van der Waals surface area contributed by atoms with Gasteiger partial charge < -0.3 is 20.3 Å². The number of aliphatic hydroxyl groups excluding tert-OH is 2. The van der Waals surface area contributed by atoms with Gasteiger partial charge in [0.2, 0.25) is 5.91 Å². The topological polar surface area (TPSA) is 95.9 Å². The predicted octanol–water partition coefficient (Wildman–Crippen LogP) is 25.2. The molecule has 2 atom stereocenters. The largest absolute Gasteiger partial charge is 0.466 e. The quantitative estimate of drug-likeness (QED) is 0.0320. The van der Waals surface area contributed by atoms with Gasteiger partial charge in [0.15, 0.2) is 0 Å². The van der Waals surface area contributed by atoms with E-state index in [1.807, 2.05) is 6.08 Å². The molecule has 0 rings (SSSR count). The first-order valence-electron chi connectivity index (χ1n) is 38.4. The van der Waals surface area contributed by atoms with Gasteiger partial charge in [0, 0.05) is 12.8 Å². The molecule has 0 aliphatic carbocycles.